The molecule has 18 heavy (non-hydrogen) atoms. The van der Waals surface area contributed by atoms with Crippen LogP contribution in [-0.2, 0) is 9.47 Å². The number of nitrogens with one attached hydrogen (secondary N) is 1. The third-order valence-electron chi connectivity index (χ3n) is 4.10. The minimum Gasteiger partial charge on any atom is -0.348 e. The summed E-state index contributed by atoms with van der Waals surface area (Å²) in [4.78, 5) is 2.44. The lowest BCUT2D eigenvalue weighted by atomic mass is 9.92. The van der Waals surface area contributed by atoms with Crippen LogP contribution < -0.4 is 5.32 Å². The lowest BCUT2D eigenvalue weighted by Crippen LogP contribution is -2.45. The molecule has 2 saturated heterocycles. The topological polar surface area (TPSA) is 33.7 Å². The van der Waals surface area contributed by atoms with Crippen molar-refractivity contribution in [1.82, 2.24) is 10.2 Å². The van der Waals surface area contributed by atoms with E-state index in [1.165, 1.54) is 25.9 Å². The molecular weight excluding hydrogens is 228 g/mol. The van der Waals surface area contributed by atoms with Gasteiger partial charge in [-0.15, -0.1) is 0 Å². The molecule has 3 atom stereocenters. The molecule has 2 rings (SSSR count). The van der Waals surface area contributed by atoms with E-state index in [9.17, 15) is 0 Å². The Labute approximate surface area is 111 Å². The number of ether oxygens (including phenoxy) is 2. The van der Waals surface area contributed by atoms with Crippen molar-refractivity contribution in [2.45, 2.75) is 51.5 Å². The molecule has 2 aliphatic rings. The zero-order chi connectivity index (χ0) is 13.2. The maximum Gasteiger partial charge on any atom is 0.163 e. The Kier molecular flexibility index (Phi) is 4.64. The molecule has 0 amide bonds. The fourth-order valence-corrected chi connectivity index (χ4v) is 2.96. The van der Waals surface area contributed by atoms with Crippen LogP contribution in [0.2, 0.25) is 0 Å². The molecule has 106 valence electrons. The molecule has 3 unspecified atom stereocenters. The van der Waals surface area contributed by atoms with E-state index in [1.807, 2.05) is 13.8 Å². The van der Waals surface area contributed by atoms with Crippen molar-refractivity contribution >= 4 is 0 Å². The van der Waals surface area contributed by atoms with Gasteiger partial charge in [0, 0.05) is 19.1 Å². The Morgan fingerprint density at radius 2 is 2.22 bits per heavy atom. The zero-order valence-corrected chi connectivity index (χ0v) is 12.2. The van der Waals surface area contributed by atoms with Crippen molar-refractivity contribution in [3.63, 3.8) is 0 Å². The first-order chi connectivity index (χ1) is 8.46. The molecule has 4 heteroatoms. The van der Waals surface area contributed by atoms with Crippen LogP contribution in [0.5, 0.6) is 0 Å². The largest absolute Gasteiger partial charge is 0.348 e. The van der Waals surface area contributed by atoms with Crippen LogP contribution in [0.25, 0.3) is 0 Å². The molecule has 0 aliphatic carbocycles. The lowest BCUT2D eigenvalue weighted by Gasteiger charge is -2.34. The number of likely N-dealkylation sites (tertiary alicyclic amines) is 1. The van der Waals surface area contributed by atoms with E-state index < -0.39 is 5.79 Å². The highest BCUT2D eigenvalue weighted by Gasteiger charge is 2.33. The summed E-state index contributed by atoms with van der Waals surface area (Å²) in [6.07, 6.45) is 2.86. The molecule has 0 saturated carbocycles. The van der Waals surface area contributed by atoms with Crippen LogP contribution in [0.3, 0.4) is 0 Å². The van der Waals surface area contributed by atoms with Gasteiger partial charge in [-0.05, 0) is 53.1 Å². The van der Waals surface area contributed by atoms with Crippen molar-refractivity contribution in [2.24, 2.45) is 5.92 Å². The van der Waals surface area contributed by atoms with E-state index in [4.69, 9.17) is 9.47 Å². The molecule has 2 aliphatic heterocycles. The number of piperidine rings is 1. The molecule has 0 aromatic carbocycles. The van der Waals surface area contributed by atoms with E-state index >= 15 is 0 Å². The normalized spacial score (nSPS) is 34.7. The Bertz CT molecular complexity index is 271. The van der Waals surface area contributed by atoms with Gasteiger partial charge >= 0.3 is 0 Å². The van der Waals surface area contributed by atoms with Gasteiger partial charge in [0.2, 0.25) is 0 Å². The third kappa shape index (κ3) is 3.92. The maximum absolute atomic E-state index is 5.81. The summed E-state index contributed by atoms with van der Waals surface area (Å²) in [7, 11) is 2.22. The van der Waals surface area contributed by atoms with Gasteiger partial charge in [0.15, 0.2) is 5.79 Å². The first kappa shape index (κ1) is 14.3. The lowest BCUT2D eigenvalue weighted by molar-refractivity contribution is -0.138. The molecule has 4 nitrogen and oxygen atoms in total. The van der Waals surface area contributed by atoms with Gasteiger partial charge in [-0.25, -0.2) is 0 Å². The number of nitrogens with zero attached hydrogens (tertiary/aromatic N) is 1. The Morgan fingerprint density at radius 1 is 1.44 bits per heavy atom. The van der Waals surface area contributed by atoms with Crippen molar-refractivity contribution in [3.8, 4) is 0 Å². The van der Waals surface area contributed by atoms with Gasteiger partial charge in [0.1, 0.15) is 0 Å². The molecule has 0 spiro atoms. The number of rotatable bonds is 4. The minimum absolute atomic E-state index is 0.198. The first-order valence-electron chi connectivity index (χ1n) is 7.20. The third-order valence-corrected chi connectivity index (χ3v) is 4.10. The zero-order valence-electron chi connectivity index (χ0n) is 12.2. The molecule has 0 radical (unpaired) electrons. The second kappa shape index (κ2) is 5.87. The quantitative estimate of drug-likeness (QED) is 0.825. The summed E-state index contributed by atoms with van der Waals surface area (Å²) in [5.74, 6) is 0.361. The maximum atomic E-state index is 5.81. The van der Waals surface area contributed by atoms with Gasteiger partial charge < -0.3 is 19.7 Å². The summed E-state index contributed by atoms with van der Waals surface area (Å²) >= 11 is 0. The average Bonchev–Trinajstić information content (AvgIpc) is 2.66. The Balaban J connectivity index is 1.70. The second-order valence-electron chi connectivity index (χ2n) is 6.31. The summed E-state index contributed by atoms with van der Waals surface area (Å²) in [5, 5.41) is 3.62. The fourth-order valence-electron chi connectivity index (χ4n) is 2.96. The Hall–Kier alpha value is -0.160. The van der Waals surface area contributed by atoms with Gasteiger partial charge in [0.05, 0.1) is 12.7 Å². The first-order valence-corrected chi connectivity index (χ1v) is 7.20. The van der Waals surface area contributed by atoms with Crippen molar-refractivity contribution in [1.29, 1.82) is 0 Å². The second-order valence-corrected chi connectivity index (χ2v) is 6.31. The van der Waals surface area contributed by atoms with E-state index in [0.717, 1.165) is 12.5 Å². The van der Waals surface area contributed by atoms with E-state index in [2.05, 4.69) is 24.2 Å². The predicted octanol–water partition coefficient (Wildman–Crippen LogP) is 1.46. The molecule has 1 N–H and O–H groups in total. The highest BCUT2D eigenvalue weighted by molar-refractivity contribution is 4.81. The summed E-state index contributed by atoms with van der Waals surface area (Å²) < 4.78 is 11.4. The minimum atomic E-state index is -0.402. The molecular formula is C14H28N2O2. The standard InChI is InChI=1S/C14H28N2O2/c1-11(12-6-5-7-16(4)9-12)15-8-13-10-17-14(2,3)18-13/h11-13,15H,5-10H2,1-4H3. The van der Waals surface area contributed by atoms with E-state index in [-0.39, 0.29) is 6.10 Å². The van der Waals surface area contributed by atoms with Crippen molar-refractivity contribution < 1.29 is 9.47 Å². The summed E-state index contributed by atoms with van der Waals surface area (Å²) in [6.45, 7) is 10.3. The van der Waals surface area contributed by atoms with Crippen LogP contribution in [0.15, 0.2) is 0 Å². The van der Waals surface area contributed by atoms with Gasteiger partial charge in [-0.3, -0.25) is 0 Å². The van der Waals surface area contributed by atoms with E-state index in [1.54, 1.807) is 0 Å². The van der Waals surface area contributed by atoms with Crippen molar-refractivity contribution in [3.05, 3.63) is 0 Å². The van der Waals surface area contributed by atoms with Crippen LogP contribution in [0.1, 0.15) is 33.6 Å². The monoisotopic (exact) mass is 256 g/mol. The predicted molar refractivity (Wildman–Crippen MR) is 72.6 cm³/mol. The average molecular weight is 256 g/mol. The molecule has 2 fully saturated rings. The summed E-state index contributed by atoms with van der Waals surface area (Å²) in [5.41, 5.74) is 0. The SMILES string of the molecule is CC(NCC1COC(C)(C)O1)C1CCCN(C)C1. The van der Waals surface area contributed by atoms with Crippen molar-refractivity contribution in [2.75, 3.05) is 33.3 Å². The van der Waals surface area contributed by atoms with Crippen LogP contribution >= 0.6 is 0 Å². The van der Waals surface area contributed by atoms with Gasteiger partial charge in [0.25, 0.3) is 0 Å². The highest BCUT2D eigenvalue weighted by Crippen LogP contribution is 2.23. The van der Waals surface area contributed by atoms with E-state index in [0.29, 0.717) is 12.6 Å². The van der Waals surface area contributed by atoms with Crippen LogP contribution in [0, 0.1) is 5.92 Å². The summed E-state index contributed by atoms with van der Waals surface area (Å²) in [6, 6.07) is 0.556. The van der Waals surface area contributed by atoms with Gasteiger partial charge in [-0.1, -0.05) is 0 Å². The highest BCUT2D eigenvalue weighted by atomic mass is 16.7. The van der Waals surface area contributed by atoms with Crippen LogP contribution in [-0.4, -0.2) is 56.1 Å². The van der Waals surface area contributed by atoms with Gasteiger partial charge in [-0.2, -0.15) is 0 Å². The molecule has 0 aromatic heterocycles. The smallest absolute Gasteiger partial charge is 0.163 e. The molecule has 2 heterocycles. The molecule has 0 bridgehead atoms. The van der Waals surface area contributed by atoms with Crippen LogP contribution in [0.4, 0.5) is 0 Å². The Morgan fingerprint density at radius 3 is 2.83 bits per heavy atom. The number of hydrogen-bond acceptors (Lipinski definition) is 4. The number of hydrogen-bond donors (Lipinski definition) is 1. The fraction of sp³-hybridized carbons (Fsp3) is 1.00. The molecule has 0 aromatic rings.